The third-order valence-corrected chi connectivity index (χ3v) is 15.8. The van der Waals surface area contributed by atoms with Crippen molar-refractivity contribution in [3.05, 3.63) is 260 Å². The summed E-state index contributed by atoms with van der Waals surface area (Å²) in [6.07, 6.45) is 32.9. The summed E-state index contributed by atoms with van der Waals surface area (Å²) in [4.78, 5) is 15.8. The molecule has 0 aliphatic heterocycles. The summed E-state index contributed by atoms with van der Waals surface area (Å²) in [5, 5.41) is 5.07. The maximum absolute atomic E-state index is 5.34. The molecule has 0 N–H and O–H groups in total. The second-order valence-electron chi connectivity index (χ2n) is 19.2. The third kappa shape index (κ3) is 5.48. The standard InChI is InChI=1S/C65H44N4/c1-3-18-40(19-4-1)62-66-63(68-64(67-62)69-60-32-6-2-5-27-50(60)51-28-12-16-33-61(51)69)43-21-17-20-41(36-43)42-34-35-46-52(37-42)44-22-7-8-23-45(44)53-38-55-49-26-11-15-31-58(49)65(59(55)39-54(46)53)56-29-13-9-24-47(56)48-25-10-14-30-57(48)65/h1-4,6-11,13-27,29-39,44,52H,5,12,28H2. The molecule has 6 aromatic carbocycles. The van der Waals surface area contributed by atoms with Gasteiger partial charge in [-0.15, -0.1) is 0 Å². The molecular weight excluding hydrogens is 837 g/mol. The fraction of sp³-hybridized carbons (Fsp3) is 0.0923. The molecule has 7 aliphatic carbocycles. The number of hydrogen-bond acceptors (Lipinski definition) is 3. The molecule has 2 heterocycles. The van der Waals surface area contributed by atoms with Crippen molar-refractivity contribution in [2.75, 3.05) is 0 Å². The summed E-state index contributed by atoms with van der Waals surface area (Å²) in [6.45, 7) is 0. The summed E-state index contributed by atoms with van der Waals surface area (Å²) in [5.41, 5.74) is 19.9. The molecule has 8 aromatic rings. The topological polar surface area (TPSA) is 43.6 Å². The van der Waals surface area contributed by atoms with Gasteiger partial charge in [0, 0.05) is 28.2 Å². The van der Waals surface area contributed by atoms with Crippen LogP contribution < -0.4 is 21.0 Å². The molecule has 2 atom stereocenters. The molecule has 324 valence electrons. The van der Waals surface area contributed by atoms with Crippen LogP contribution in [0.4, 0.5) is 0 Å². The molecule has 4 heteroatoms. The first-order chi connectivity index (χ1) is 34.2. The van der Waals surface area contributed by atoms with E-state index in [1.807, 2.05) is 18.2 Å². The van der Waals surface area contributed by atoms with Crippen molar-refractivity contribution in [2.45, 2.75) is 24.7 Å². The molecule has 15 rings (SSSR count). The normalized spacial score (nSPS) is 18.6. The van der Waals surface area contributed by atoms with Crippen LogP contribution in [-0.4, -0.2) is 19.5 Å². The average Bonchev–Trinajstić information content (AvgIpc) is 3.92. The van der Waals surface area contributed by atoms with Gasteiger partial charge < -0.3 is 0 Å². The lowest BCUT2D eigenvalue weighted by Crippen LogP contribution is -2.41. The molecular formula is C65H44N4. The van der Waals surface area contributed by atoms with E-state index < -0.39 is 5.41 Å². The van der Waals surface area contributed by atoms with E-state index >= 15 is 0 Å². The summed E-state index contributed by atoms with van der Waals surface area (Å²) in [5.74, 6) is 2.29. The first kappa shape index (κ1) is 38.6. The quantitative estimate of drug-likeness (QED) is 0.177. The Bertz CT molecular complexity index is 4010. The lowest BCUT2D eigenvalue weighted by atomic mass is 9.68. The fourth-order valence-corrected chi connectivity index (χ4v) is 12.9. The van der Waals surface area contributed by atoms with Gasteiger partial charge in [0.05, 0.1) is 16.5 Å². The van der Waals surface area contributed by atoms with Crippen molar-refractivity contribution in [3.8, 4) is 51.0 Å². The van der Waals surface area contributed by atoms with E-state index in [0.717, 1.165) is 47.0 Å². The molecule has 2 unspecified atom stereocenters. The van der Waals surface area contributed by atoms with Crippen molar-refractivity contribution in [1.29, 1.82) is 0 Å². The Morgan fingerprint density at radius 3 is 2.00 bits per heavy atom. The highest BCUT2D eigenvalue weighted by Crippen LogP contribution is 2.62. The zero-order valence-electron chi connectivity index (χ0n) is 37.8. The Kier molecular flexibility index (Phi) is 8.26. The Morgan fingerprint density at radius 2 is 1.20 bits per heavy atom. The third-order valence-electron chi connectivity index (χ3n) is 15.8. The van der Waals surface area contributed by atoms with Crippen LogP contribution in [0.25, 0.3) is 85.9 Å². The van der Waals surface area contributed by atoms with Gasteiger partial charge in [0.15, 0.2) is 11.6 Å². The summed E-state index contributed by atoms with van der Waals surface area (Å²) >= 11 is 0. The minimum atomic E-state index is -0.396. The first-order valence-electron chi connectivity index (χ1n) is 24.4. The van der Waals surface area contributed by atoms with E-state index in [4.69, 9.17) is 15.0 Å². The highest BCUT2D eigenvalue weighted by atomic mass is 15.2. The SMILES string of the molecule is C1=CCC=c2c3c(n(-c4nc(-c5ccccc5)nc(-c5cccc(C6=CC7C(=c8cc9c(cc8=C8C=CC=CC87)-c7ccccc7C97c8ccccc8-c8ccccc87)C=C6)c5)n4)c2=C1)C=CCC3. The molecule has 7 aliphatic rings. The van der Waals surface area contributed by atoms with E-state index in [1.165, 1.54) is 82.4 Å². The molecule has 0 saturated carbocycles. The van der Waals surface area contributed by atoms with Gasteiger partial charge in [-0.3, -0.25) is 4.57 Å². The molecule has 1 spiro atoms. The zero-order valence-corrected chi connectivity index (χ0v) is 37.8. The van der Waals surface area contributed by atoms with E-state index in [0.29, 0.717) is 17.6 Å². The second-order valence-corrected chi connectivity index (χ2v) is 19.2. The second kappa shape index (κ2) is 14.8. The van der Waals surface area contributed by atoms with Gasteiger partial charge in [0.2, 0.25) is 5.95 Å². The molecule has 4 nitrogen and oxygen atoms in total. The average molecular weight is 881 g/mol. The lowest BCUT2D eigenvalue weighted by molar-refractivity contribution is 0.695. The number of benzene rings is 6. The number of rotatable bonds is 4. The van der Waals surface area contributed by atoms with Gasteiger partial charge in [0.25, 0.3) is 0 Å². The highest BCUT2D eigenvalue weighted by molar-refractivity contribution is 5.96. The van der Waals surface area contributed by atoms with Gasteiger partial charge >= 0.3 is 0 Å². The van der Waals surface area contributed by atoms with Gasteiger partial charge in [0.1, 0.15) is 0 Å². The van der Waals surface area contributed by atoms with Crippen molar-refractivity contribution in [2.24, 2.45) is 11.8 Å². The number of allylic oxidation sites excluding steroid dienone is 11. The van der Waals surface area contributed by atoms with Crippen LogP contribution in [0.3, 0.4) is 0 Å². The minimum Gasteiger partial charge on any atom is -0.278 e. The summed E-state index contributed by atoms with van der Waals surface area (Å²) < 4.78 is 2.25. The van der Waals surface area contributed by atoms with Crippen LogP contribution in [0.1, 0.15) is 51.9 Å². The highest BCUT2D eigenvalue weighted by Gasteiger charge is 2.51. The van der Waals surface area contributed by atoms with Crippen LogP contribution in [0.5, 0.6) is 0 Å². The molecule has 0 bridgehead atoms. The smallest absolute Gasteiger partial charge is 0.238 e. The monoisotopic (exact) mass is 880 g/mol. The molecule has 0 amide bonds. The molecule has 0 radical (unpaired) electrons. The van der Waals surface area contributed by atoms with Gasteiger partial charge in [-0.2, -0.15) is 9.97 Å². The van der Waals surface area contributed by atoms with E-state index in [-0.39, 0.29) is 11.8 Å². The van der Waals surface area contributed by atoms with Crippen LogP contribution in [0.15, 0.2) is 200 Å². The van der Waals surface area contributed by atoms with Crippen LogP contribution >= 0.6 is 0 Å². The maximum Gasteiger partial charge on any atom is 0.238 e. The molecule has 0 saturated heterocycles. The molecule has 0 fully saturated rings. The Balaban J connectivity index is 0.893. The van der Waals surface area contributed by atoms with Crippen molar-refractivity contribution < 1.29 is 0 Å². The number of nitrogens with zero attached hydrogens (tertiary/aromatic N) is 4. The summed E-state index contributed by atoms with van der Waals surface area (Å²) in [7, 11) is 0. The Morgan fingerprint density at radius 1 is 0.522 bits per heavy atom. The minimum absolute atomic E-state index is 0.150. The zero-order chi connectivity index (χ0) is 45.2. The van der Waals surface area contributed by atoms with E-state index in [2.05, 4.69) is 205 Å². The van der Waals surface area contributed by atoms with E-state index in [9.17, 15) is 0 Å². The van der Waals surface area contributed by atoms with E-state index in [1.54, 1.807) is 0 Å². The predicted molar refractivity (Wildman–Crippen MR) is 281 cm³/mol. The predicted octanol–water partition coefficient (Wildman–Crippen LogP) is 11.1. The van der Waals surface area contributed by atoms with Crippen molar-refractivity contribution >= 4 is 34.9 Å². The maximum atomic E-state index is 5.34. The van der Waals surface area contributed by atoms with Gasteiger partial charge in [-0.1, -0.05) is 188 Å². The summed E-state index contributed by atoms with van der Waals surface area (Å²) in [6, 6.07) is 51.5. The molecule has 2 aromatic heterocycles. The number of hydrogen-bond donors (Lipinski definition) is 0. The van der Waals surface area contributed by atoms with Crippen molar-refractivity contribution in [1.82, 2.24) is 19.5 Å². The lowest BCUT2D eigenvalue weighted by Gasteiger charge is -2.34. The van der Waals surface area contributed by atoms with Crippen molar-refractivity contribution in [3.63, 3.8) is 0 Å². The number of fused-ring (bicyclic) bond motifs is 17. The van der Waals surface area contributed by atoms with Gasteiger partial charge in [-0.05, 0) is 132 Å². The Labute approximate surface area is 400 Å². The fourth-order valence-electron chi connectivity index (χ4n) is 12.9. The molecule has 69 heavy (non-hydrogen) atoms. The Hall–Kier alpha value is -8.47. The largest absolute Gasteiger partial charge is 0.278 e. The van der Waals surface area contributed by atoms with Crippen LogP contribution in [0, 0.1) is 11.8 Å². The van der Waals surface area contributed by atoms with Crippen LogP contribution in [-0.2, 0) is 11.8 Å². The number of aromatic nitrogens is 4. The first-order valence-corrected chi connectivity index (χ1v) is 24.4. The van der Waals surface area contributed by atoms with Crippen LogP contribution in [0.2, 0.25) is 0 Å². The van der Waals surface area contributed by atoms with Gasteiger partial charge in [-0.25, -0.2) is 4.98 Å².